The second-order valence-corrected chi connectivity index (χ2v) is 3.39. The van der Waals surface area contributed by atoms with Gasteiger partial charge in [-0.1, -0.05) is 0 Å². The summed E-state index contributed by atoms with van der Waals surface area (Å²) in [5.41, 5.74) is 0.342. The molecule has 0 saturated heterocycles. The average Bonchev–Trinajstić information content (AvgIpc) is 2.00. The molecule has 12 heavy (non-hydrogen) atoms. The molecule has 2 nitrogen and oxygen atoms in total. The summed E-state index contributed by atoms with van der Waals surface area (Å²) in [6.45, 7) is 1.37. The van der Waals surface area contributed by atoms with Crippen LogP contribution in [0.5, 0.6) is 5.75 Å². The highest BCUT2D eigenvalue weighted by atomic mass is 127. The first-order valence-corrected chi connectivity index (χ1v) is 4.30. The Labute approximate surface area is 82.5 Å². The molecule has 1 aromatic carbocycles. The van der Waals surface area contributed by atoms with Crippen molar-refractivity contribution in [2.75, 3.05) is 0 Å². The van der Waals surface area contributed by atoms with Crippen molar-refractivity contribution in [3.05, 3.63) is 27.1 Å². The Morgan fingerprint density at radius 1 is 1.58 bits per heavy atom. The summed E-state index contributed by atoms with van der Waals surface area (Å²) in [5.74, 6) is -1.34. The van der Waals surface area contributed by atoms with E-state index >= 15 is 0 Å². The second-order valence-electron chi connectivity index (χ2n) is 2.31. The zero-order valence-corrected chi connectivity index (χ0v) is 8.42. The van der Waals surface area contributed by atoms with Crippen molar-refractivity contribution in [2.24, 2.45) is 0 Å². The SMILES string of the molecule is CC(=O)c1ccc(F)c(O)c1I. The fourth-order valence-corrected chi connectivity index (χ4v) is 1.63. The lowest BCUT2D eigenvalue weighted by Gasteiger charge is -2.02. The predicted octanol–water partition coefficient (Wildman–Crippen LogP) is 2.34. The highest BCUT2D eigenvalue weighted by molar-refractivity contribution is 14.1. The molecule has 0 heterocycles. The summed E-state index contributed by atoms with van der Waals surface area (Å²) >= 11 is 1.73. The van der Waals surface area contributed by atoms with Gasteiger partial charge in [0, 0.05) is 5.56 Å². The Kier molecular flexibility index (Phi) is 2.66. The van der Waals surface area contributed by atoms with E-state index in [1.807, 2.05) is 0 Å². The second kappa shape index (κ2) is 3.38. The number of Topliss-reactive ketones (excluding diaryl/α,β-unsaturated/α-hetero) is 1. The van der Waals surface area contributed by atoms with Crippen LogP contribution in [-0.4, -0.2) is 10.9 Å². The van der Waals surface area contributed by atoms with Gasteiger partial charge in [-0.15, -0.1) is 0 Å². The molecule has 0 aliphatic heterocycles. The molecule has 0 fully saturated rings. The van der Waals surface area contributed by atoms with Gasteiger partial charge in [0.05, 0.1) is 3.57 Å². The third kappa shape index (κ3) is 1.57. The summed E-state index contributed by atoms with van der Waals surface area (Å²) < 4.78 is 12.9. The van der Waals surface area contributed by atoms with E-state index in [0.717, 1.165) is 6.07 Å². The minimum atomic E-state index is -0.704. The molecule has 0 atom stereocenters. The third-order valence-corrected chi connectivity index (χ3v) is 2.54. The molecule has 0 unspecified atom stereocenters. The smallest absolute Gasteiger partial charge is 0.165 e. The maximum Gasteiger partial charge on any atom is 0.165 e. The Morgan fingerprint density at radius 2 is 2.17 bits per heavy atom. The molecule has 0 aromatic heterocycles. The fraction of sp³-hybridized carbons (Fsp3) is 0.125. The Bertz CT molecular complexity index is 336. The molecule has 64 valence electrons. The maximum absolute atomic E-state index is 12.7. The van der Waals surface area contributed by atoms with E-state index in [2.05, 4.69) is 0 Å². The van der Waals surface area contributed by atoms with Gasteiger partial charge < -0.3 is 5.11 Å². The largest absolute Gasteiger partial charge is 0.504 e. The lowest BCUT2D eigenvalue weighted by atomic mass is 10.1. The lowest BCUT2D eigenvalue weighted by molar-refractivity contribution is 0.101. The van der Waals surface area contributed by atoms with Gasteiger partial charge in [-0.2, -0.15) is 0 Å². The van der Waals surface area contributed by atoms with Crippen LogP contribution in [0.2, 0.25) is 0 Å². The van der Waals surface area contributed by atoms with Crippen molar-refractivity contribution >= 4 is 28.4 Å². The summed E-state index contributed by atoms with van der Waals surface area (Å²) in [6, 6.07) is 2.44. The topological polar surface area (TPSA) is 37.3 Å². The van der Waals surface area contributed by atoms with Crippen LogP contribution >= 0.6 is 22.6 Å². The average molecular weight is 280 g/mol. The highest BCUT2D eigenvalue weighted by Crippen LogP contribution is 2.26. The normalized spacial score (nSPS) is 9.92. The summed E-state index contributed by atoms with van der Waals surface area (Å²) in [5, 5.41) is 9.10. The highest BCUT2D eigenvalue weighted by Gasteiger charge is 2.12. The molecule has 0 saturated carbocycles. The number of halogens is 2. The van der Waals surface area contributed by atoms with Crippen LogP contribution in [0.4, 0.5) is 4.39 Å². The number of phenolic OH excluding ortho intramolecular Hbond substituents is 1. The molecule has 0 spiro atoms. The lowest BCUT2D eigenvalue weighted by Crippen LogP contribution is -1.97. The van der Waals surface area contributed by atoms with E-state index in [4.69, 9.17) is 5.11 Å². The van der Waals surface area contributed by atoms with Crippen LogP contribution in [0.15, 0.2) is 12.1 Å². The third-order valence-electron chi connectivity index (χ3n) is 1.45. The van der Waals surface area contributed by atoms with Crippen molar-refractivity contribution in [3.63, 3.8) is 0 Å². The van der Waals surface area contributed by atoms with Crippen LogP contribution in [0.1, 0.15) is 17.3 Å². The Morgan fingerprint density at radius 3 is 2.67 bits per heavy atom. The van der Waals surface area contributed by atoms with Crippen LogP contribution in [0.25, 0.3) is 0 Å². The Hall–Kier alpha value is -0.650. The quantitative estimate of drug-likeness (QED) is 0.633. The number of carbonyl (C=O) groups excluding carboxylic acids is 1. The van der Waals surface area contributed by atoms with Crippen molar-refractivity contribution in [2.45, 2.75) is 6.92 Å². The van der Waals surface area contributed by atoms with Crippen LogP contribution in [0, 0.1) is 9.39 Å². The molecular formula is C8H6FIO2. The zero-order chi connectivity index (χ0) is 9.30. The number of phenols is 1. The van der Waals surface area contributed by atoms with Crippen LogP contribution < -0.4 is 0 Å². The maximum atomic E-state index is 12.7. The first kappa shape index (κ1) is 9.44. The number of hydrogen-bond donors (Lipinski definition) is 1. The van der Waals surface area contributed by atoms with Gasteiger partial charge in [-0.3, -0.25) is 4.79 Å². The number of benzene rings is 1. The number of hydrogen-bond acceptors (Lipinski definition) is 2. The molecule has 0 amide bonds. The van der Waals surface area contributed by atoms with E-state index in [-0.39, 0.29) is 9.35 Å². The molecule has 0 bridgehead atoms. The van der Waals surface area contributed by atoms with E-state index in [9.17, 15) is 9.18 Å². The Balaban J connectivity index is 3.36. The van der Waals surface area contributed by atoms with Gasteiger partial charge in [0.15, 0.2) is 17.3 Å². The number of aromatic hydroxyl groups is 1. The molecular weight excluding hydrogens is 274 g/mol. The van der Waals surface area contributed by atoms with Crippen LogP contribution in [0.3, 0.4) is 0 Å². The van der Waals surface area contributed by atoms with Crippen molar-refractivity contribution < 1.29 is 14.3 Å². The van der Waals surface area contributed by atoms with E-state index in [1.165, 1.54) is 13.0 Å². The minimum absolute atomic E-state index is 0.185. The molecule has 0 aliphatic rings. The molecule has 4 heteroatoms. The predicted molar refractivity (Wildman–Crippen MR) is 50.8 cm³/mol. The van der Waals surface area contributed by atoms with Gasteiger partial charge >= 0.3 is 0 Å². The molecule has 1 N–H and O–H groups in total. The van der Waals surface area contributed by atoms with Gasteiger partial charge in [-0.25, -0.2) is 4.39 Å². The van der Waals surface area contributed by atoms with Gasteiger partial charge in [0.2, 0.25) is 0 Å². The minimum Gasteiger partial charge on any atom is -0.504 e. The van der Waals surface area contributed by atoms with E-state index in [0.29, 0.717) is 5.56 Å². The van der Waals surface area contributed by atoms with Gasteiger partial charge in [0.1, 0.15) is 0 Å². The monoisotopic (exact) mass is 280 g/mol. The van der Waals surface area contributed by atoms with Gasteiger partial charge in [0.25, 0.3) is 0 Å². The van der Waals surface area contributed by atoms with Crippen molar-refractivity contribution in [1.29, 1.82) is 0 Å². The molecule has 1 rings (SSSR count). The summed E-state index contributed by atoms with van der Waals surface area (Å²) in [6.07, 6.45) is 0. The fourth-order valence-electron chi connectivity index (χ4n) is 0.813. The number of rotatable bonds is 1. The molecule has 1 aromatic rings. The number of carbonyl (C=O) groups is 1. The first-order valence-electron chi connectivity index (χ1n) is 3.22. The number of ketones is 1. The van der Waals surface area contributed by atoms with E-state index in [1.54, 1.807) is 22.6 Å². The first-order chi connectivity index (χ1) is 5.54. The van der Waals surface area contributed by atoms with Crippen molar-refractivity contribution in [1.82, 2.24) is 0 Å². The summed E-state index contributed by atoms with van der Waals surface area (Å²) in [4.78, 5) is 10.9. The van der Waals surface area contributed by atoms with Crippen molar-refractivity contribution in [3.8, 4) is 5.75 Å². The summed E-state index contributed by atoms with van der Waals surface area (Å²) in [7, 11) is 0. The zero-order valence-electron chi connectivity index (χ0n) is 6.27. The van der Waals surface area contributed by atoms with Crippen LogP contribution in [-0.2, 0) is 0 Å². The van der Waals surface area contributed by atoms with E-state index < -0.39 is 11.6 Å². The standard InChI is InChI=1S/C8H6FIO2/c1-4(11)5-2-3-6(9)8(12)7(5)10/h2-3,12H,1H3. The molecule has 0 aliphatic carbocycles. The molecule has 0 radical (unpaired) electrons. The van der Waals surface area contributed by atoms with Gasteiger partial charge in [-0.05, 0) is 41.6 Å².